The molecule has 1 unspecified atom stereocenters. The van der Waals surface area contributed by atoms with Crippen LogP contribution in [0.25, 0.3) is 0 Å². The minimum absolute atomic E-state index is 0.0262. The van der Waals surface area contributed by atoms with E-state index in [1.807, 2.05) is 75.5 Å². The first-order valence-corrected chi connectivity index (χ1v) is 33.7. The third-order valence-electron chi connectivity index (χ3n) is 10.1. The smallest absolute Gasteiger partial charge is 0.426 e. The largest absolute Gasteiger partial charge is 0.748 e. The summed E-state index contributed by atoms with van der Waals surface area (Å²) in [6.45, 7) is -0.536. The van der Waals surface area contributed by atoms with E-state index in [4.69, 9.17) is 0 Å². The minimum atomic E-state index is -5.27. The molecular formula is C55H40F5I5O12S4. The second-order valence-electron chi connectivity index (χ2n) is 16.0. The first-order chi connectivity index (χ1) is 38.1. The van der Waals surface area contributed by atoms with Crippen molar-refractivity contribution in [1.29, 1.82) is 0 Å². The van der Waals surface area contributed by atoms with Crippen LogP contribution in [-0.2, 0) is 51.5 Å². The van der Waals surface area contributed by atoms with Gasteiger partial charge in [0.15, 0.2) is 29.4 Å². The van der Waals surface area contributed by atoms with Crippen LogP contribution in [0.4, 0.5) is 22.0 Å². The van der Waals surface area contributed by atoms with Gasteiger partial charge >= 0.3 is 18.1 Å². The van der Waals surface area contributed by atoms with E-state index in [2.05, 4.69) is 117 Å². The molecule has 0 fully saturated rings. The van der Waals surface area contributed by atoms with E-state index in [1.165, 1.54) is 54.7 Å². The zero-order valence-electron chi connectivity index (χ0n) is 41.0. The van der Waals surface area contributed by atoms with Gasteiger partial charge in [0.05, 0.1) is 60.7 Å². The van der Waals surface area contributed by atoms with Crippen LogP contribution in [-0.4, -0.2) is 78.5 Å². The van der Waals surface area contributed by atoms with Crippen molar-refractivity contribution in [2.75, 3.05) is 18.1 Å². The molecule has 8 aromatic rings. The fraction of sp³-hybridized carbons (Fsp3) is 0.0909. The summed E-state index contributed by atoms with van der Waals surface area (Å²) in [5.74, 6) is -6.52. The predicted octanol–water partition coefficient (Wildman–Crippen LogP) is 14.0. The van der Waals surface area contributed by atoms with Gasteiger partial charge in [0.25, 0.3) is 0 Å². The molecule has 0 heterocycles. The standard InChI is InChI=1S/C18H13F2S.C18H14IS.C10H7F3I2O6S.C9H8I2O6S/c19-14-6-10-17(11-7-14)21(16-4-2-1-3-5-16)18-12-8-15(20)9-13-18;19-15-11-13-18(14-12-15)20(16-7-3-1-4-8-16)17-9-5-2-6-10-17;11-10(12,13)7(3-22(18,19)20)21-9(17)5-1-4(14)2-6(15)8(5)16;10-5-3-6(8(12)7(11)4-5)9(13)17-1-2-18(14,15)16/h1-13H;1-14H;1-2,7,16H,3H2,(H,18,19,20);3-4,12H,1-2H2,(H,14,15,16)/q2*+1;;/p-2. The highest BCUT2D eigenvalue weighted by Gasteiger charge is 2.44. The van der Waals surface area contributed by atoms with Crippen LogP contribution in [0, 0.1) is 29.5 Å². The van der Waals surface area contributed by atoms with Crippen LogP contribution < -0.4 is 0 Å². The number of carbonyl (C=O) groups excluding carboxylic acids is 2. The van der Waals surface area contributed by atoms with Crippen molar-refractivity contribution in [1.82, 2.24) is 0 Å². The molecule has 0 aromatic heterocycles. The van der Waals surface area contributed by atoms with Gasteiger partial charge in [0.2, 0.25) is 6.10 Å². The summed E-state index contributed by atoms with van der Waals surface area (Å²) in [5.41, 5.74) is -0.622. The maximum Gasteiger partial charge on any atom is 0.426 e. The molecule has 8 rings (SSSR count). The Labute approximate surface area is 537 Å². The molecule has 26 heteroatoms. The van der Waals surface area contributed by atoms with Crippen LogP contribution in [0.15, 0.2) is 217 Å². The molecule has 0 saturated heterocycles. The molecule has 12 nitrogen and oxygen atoms in total. The average molecular weight is 1750 g/mol. The molecule has 0 radical (unpaired) electrons. The Morgan fingerprint density at radius 1 is 0.494 bits per heavy atom. The van der Waals surface area contributed by atoms with Crippen molar-refractivity contribution in [2.45, 2.75) is 41.7 Å². The highest BCUT2D eigenvalue weighted by molar-refractivity contribution is 14.1. The fourth-order valence-corrected chi connectivity index (χ4v) is 15.6. The Morgan fingerprint density at radius 3 is 1.16 bits per heavy atom. The summed E-state index contributed by atoms with van der Waals surface area (Å²) < 4.78 is 138. The van der Waals surface area contributed by atoms with Crippen LogP contribution >= 0.6 is 113 Å². The monoisotopic (exact) mass is 1750 g/mol. The summed E-state index contributed by atoms with van der Waals surface area (Å²) >= 11 is 9.58. The second kappa shape index (κ2) is 31.9. The van der Waals surface area contributed by atoms with Gasteiger partial charge in [-0.05, 0) is 246 Å². The highest BCUT2D eigenvalue weighted by atomic mass is 127. The van der Waals surface area contributed by atoms with Gasteiger partial charge in [0, 0.05) is 10.7 Å². The lowest BCUT2D eigenvalue weighted by molar-refractivity contribution is -0.197. The lowest BCUT2D eigenvalue weighted by Crippen LogP contribution is -2.39. The van der Waals surface area contributed by atoms with Crippen LogP contribution in [0.2, 0.25) is 0 Å². The molecule has 81 heavy (non-hydrogen) atoms. The first kappa shape index (κ1) is 67.9. The van der Waals surface area contributed by atoms with Gasteiger partial charge in [-0.1, -0.05) is 54.6 Å². The quantitative estimate of drug-likeness (QED) is 0.0343. The summed E-state index contributed by atoms with van der Waals surface area (Å²) in [6, 6.07) is 58.9. The summed E-state index contributed by atoms with van der Waals surface area (Å²) in [6.07, 6.45) is -8.35. The van der Waals surface area contributed by atoms with Gasteiger partial charge in [-0.3, -0.25) is 0 Å². The van der Waals surface area contributed by atoms with Crippen LogP contribution in [0.1, 0.15) is 20.7 Å². The molecule has 0 saturated carbocycles. The lowest BCUT2D eigenvalue weighted by atomic mass is 10.2. The Bertz CT molecular complexity index is 3520. The Balaban J connectivity index is 0.000000199. The number of aromatic hydroxyl groups is 2. The van der Waals surface area contributed by atoms with Crippen molar-refractivity contribution in [3.63, 3.8) is 0 Å². The van der Waals surface area contributed by atoms with E-state index >= 15 is 0 Å². The van der Waals surface area contributed by atoms with Crippen molar-refractivity contribution < 1.29 is 77.2 Å². The van der Waals surface area contributed by atoms with Gasteiger partial charge in [-0.15, -0.1) is 0 Å². The summed E-state index contributed by atoms with van der Waals surface area (Å²) in [5, 5.41) is 19.3. The maximum absolute atomic E-state index is 13.2. The number of alkyl halides is 3. The number of hydrogen-bond acceptors (Lipinski definition) is 12. The minimum Gasteiger partial charge on any atom is -0.748 e. The number of phenols is 2. The number of carbonyl (C=O) groups is 2. The zero-order chi connectivity index (χ0) is 59.7. The van der Waals surface area contributed by atoms with Gasteiger partial charge in [0.1, 0.15) is 40.9 Å². The van der Waals surface area contributed by atoms with E-state index < -0.39 is 73.9 Å². The van der Waals surface area contributed by atoms with E-state index in [-0.39, 0.29) is 48.3 Å². The number of ether oxygens (including phenoxy) is 2. The van der Waals surface area contributed by atoms with Gasteiger partial charge in [-0.2, -0.15) is 13.2 Å². The van der Waals surface area contributed by atoms with Gasteiger partial charge in [-0.25, -0.2) is 35.2 Å². The number of rotatable bonds is 14. The molecule has 0 aliphatic rings. The number of hydrogen-bond donors (Lipinski definition) is 2. The van der Waals surface area contributed by atoms with E-state index in [9.17, 15) is 67.7 Å². The second-order valence-corrected chi connectivity index (χ2v) is 29.1. The van der Waals surface area contributed by atoms with Crippen LogP contribution in [0.3, 0.4) is 0 Å². The third kappa shape index (κ3) is 22.6. The zero-order valence-corrected chi connectivity index (χ0v) is 55.0. The van der Waals surface area contributed by atoms with E-state index in [0.717, 1.165) is 24.3 Å². The molecule has 0 amide bonds. The topological polar surface area (TPSA) is 207 Å². The van der Waals surface area contributed by atoms with Crippen molar-refractivity contribution in [3.8, 4) is 11.5 Å². The summed E-state index contributed by atoms with van der Waals surface area (Å²) in [4.78, 5) is 30.5. The Hall–Kier alpha value is -3.88. The lowest BCUT2D eigenvalue weighted by Gasteiger charge is -2.22. The Kier molecular flexibility index (Phi) is 26.7. The molecule has 0 aliphatic heterocycles. The molecule has 426 valence electrons. The third-order valence-corrected chi connectivity index (χ3v) is 19.6. The van der Waals surface area contributed by atoms with E-state index in [1.54, 1.807) is 75.5 Å². The molecule has 2 N–H and O–H groups in total. The number of halogens is 10. The van der Waals surface area contributed by atoms with Crippen molar-refractivity contribution >= 4 is 167 Å². The SMILES string of the molecule is Fc1ccc([S+](c2ccccc2)c2ccc(F)cc2)cc1.Ic1ccc([S+](c2ccccc2)c2ccccc2)cc1.O=C(OC(CS(=O)(=O)[O-])C(F)(F)F)c1cc(I)cc(I)c1O.O=C(OCCS(=O)(=O)[O-])c1cc(I)cc(I)c1O. The first-order valence-electron chi connectivity index (χ1n) is 22.7. The average Bonchev–Trinajstić information content (AvgIpc) is 3.45. The highest BCUT2D eigenvalue weighted by Crippen LogP contribution is 2.34. The fourth-order valence-electron chi connectivity index (χ4n) is 6.53. The normalized spacial score (nSPS) is 11.7. The molecule has 8 aromatic carbocycles. The molecular weight excluding hydrogens is 1710 g/mol. The molecule has 1 atom stereocenters. The van der Waals surface area contributed by atoms with Crippen molar-refractivity contribution in [3.05, 3.63) is 229 Å². The van der Waals surface area contributed by atoms with Gasteiger partial charge < -0.3 is 28.8 Å². The number of benzene rings is 8. The number of phenolic OH excluding ortho intramolecular Hbond substituents is 2. The van der Waals surface area contributed by atoms with Crippen molar-refractivity contribution in [2.24, 2.45) is 0 Å². The summed E-state index contributed by atoms with van der Waals surface area (Å²) in [7, 11) is -10.1. The van der Waals surface area contributed by atoms with Crippen LogP contribution in [0.5, 0.6) is 11.5 Å². The van der Waals surface area contributed by atoms with E-state index in [0.29, 0.717) is 7.14 Å². The molecule has 0 bridgehead atoms. The molecule has 0 aliphatic carbocycles. The number of esters is 2. The molecule has 0 spiro atoms. The maximum atomic E-state index is 13.2. The Morgan fingerprint density at radius 2 is 0.827 bits per heavy atom. The predicted molar refractivity (Wildman–Crippen MR) is 337 cm³/mol.